The third-order valence-electron chi connectivity index (χ3n) is 3.16. The number of benzene rings is 1. The van der Waals surface area contributed by atoms with E-state index in [2.05, 4.69) is 31.3 Å². The highest BCUT2D eigenvalue weighted by atomic mass is 14.8. The number of hydrogen-bond donors (Lipinski definition) is 2. The molecular weight excluding hydrogens is 220 g/mol. The van der Waals surface area contributed by atoms with Crippen molar-refractivity contribution in [2.75, 3.05) is 18.8 Å². The zero-order chi connectivity index (χ0) is 13.2. The summed E-state index contributed by atoms with van der Waals surface area (Å²) in [5.74, 6) is 0.841. The SMILES string of the molecule is CC(C)CCCCNCCCc1cccc(N)c1. The van der Waals surface area contributed by atoms with Gasteiger partial charge in [0, 0.05) is 5.69 Å². The Labute approximate surface area is 112 Å². The molecule has 0 unspecified atom stereocenters. The molecule has 0 aliphatic heterocycles. The highest BCUT2D eigenvalue weighted by Gasteiger charge is 1.95. The molecule has 2 heteroatoms. The number of nitrogens with one attached hydrogen (secondary N) is 1. The second-order valence-electron chi connectivity index (χ2n) is 5.49. The quantitative estimate of drug-likeness (QED) is 0.517. The number of nitrogens with two attached hydrogens (primary N) is 1. The van der Waals surface area contributed by atoms with Gasteiger partial charge in [-0.2, -0.15) is 0 Å². The maximum Gasteiger partial charge on any atom is 0.0316 e. The highest BCUT2D eigenvalue weighted by Crippen LogP contribution is 2.08. The normalized spacial score (nSPS) is 11.1. The van der Waals surface area contributed by atoms with Gasteiger partial charge in [-0.1, -0.05) is 38.8 Å². The van der Waals surface area contributed by atoms with Crippen molar-refractivity contribution in [2.45, 2.75) is 46.0 Å². The van der Waals surface area contributed by atoms with Gasteiger partial charge in [0.15, 0.2) is 0 Å². The summed E-state index contributed by atoms with van der Waals surface area (Å²) in [6.07, 6.45) is 6.30. The summed E-state index contributed by atoms with van der Waals surface area (Å²) in [7, 11) is 0. The van der Waals surface area contributed by atoms with Gasteiger partial charge in [-0.15, -0.1) is 0 Å². The predicted octanol–water partition coefficient (Wildman–Crippen LogP) is 3.62. The second kappa shape index (κ2) is 8.98. The first-order chi connectivity index (χ1) is 8.68. The lowest BCUT2D eigenvalue weighted by Crippen LogP contribution is -2.17. The molecule has 0 saturated heterocycles. The largest absolute Gasteiger partial charge is 0.399 e. The maximum atomic E-state index is 5.75. The first-order valence-corrected chi connectivity index (χ1v) is 7.23. The van der Waals surface area contributed by atoms with Gasteiger partial charge in [-0.05, 0) is 56.0 Å². The molecule has 102 valence electrons. The van der Waals surface area contributed by atoms with E-state index >= 15 is 0 Å². The zero-order valence-electron chi connectivity index (χ0n) is 11.9. The molecule has 0 bridgehead atoms. The van der Waals surface area contributed by atoms with Gasteiger partial charge in [-0.25, -0.2) is 0 Å². The van der Waals surface area contributed by atoms with Crippen molar-refractivity contribution in [3.8, 4) is 0 Å². The summed E-state index contributed by atoms with van der Waals surface area (Å²) in [4.78, 5) is 0. The van der Waals surface area contributed by atoms with Crippen molar-refractivity contribution >= 4 is 5.69 Å². The van der Waals surface area contributed by atoms with Crippen LogP contribution in [0.15, 0.2) is 24.3 Å². The molecule has 1 aromatic carbocycles. The van der Waals surface area contributed by atoms with Crippen LogP contribution in [-0.2, 0) is 6.42 Å². The van der Waals surface area contributed by atoms with Crippen LogP contribution < -0.4 is 11.1 Å². The lowest BCUT2D eigenvalue weighted by Gasteiger charge is -2.06. The first kappa shape index (κ1) is 15.0. The number of anilines is 1. The molecule has 3 N–H and O–H groups in total. The molecule has 2 nitrogen and oxygen atoms in total. The predicted molar refractivity (Wildman–Crippen MR) is 80.7 cm³/mol. The molecule has 0 spiro atoms. The molecule has 0 heterocycles. The van der Waals surface area contributed by atoms with Crippen LogP contribution in [0.3, 0.4) is 0 Å². The fraction of sp³-hybridized carbons (Fsp3) is 0.625. The minimum Gasteiger partial charge on any atom is -0.399 e. The molecular formula is C16H28N2. The van der Waals surface area contributed by atoms with Gasteiger partial charge < -0.3 is 11.1 Å². The molecule has 0 atom stereocenters. The van der Waals surface area contributed by atoms with Crippen LogP contribution in [0.2, 0.25) is 0 Å². The molecule has 0 radical (unpaired) electrons. The fourth-order valence-corrected chi connectivity index (χ4v) is 2.09. The minimum absolute atomic E-state index is 0.841. The van der Waals surface area contributed by atoms with Crippen LogP contribution in [0.5, 0.6) is 0 Å². The Kier molecular flexibility index (Phi) is 7.51. The number of nitrogen functional groups attached to an aromatic ring is 1. The van der Waals surface area contributed by atoms with E-state index in [1.165, 1.54) is 31.2 Å². The van der Waals surface area contributed by atoms with Gasteiger partial charge in [0.1, 0.15) is 0 Å². The van der Waals surface area contributed by atoms with E-state index in [-0.39, 0.29) is 0 Å². The number of rotatable bonds is 9. The number of hydrogen-bond acceptors (Lipinski definition) is 2. The third kappa shape index (κ3) is 7.33. The standard InChI is InChI=1S/C16H28N2/c1-14(2)7-3-4-11-18-12-6-9-15-8-5-10-16(17)13-15/h5,8,10,13-14,18H,3-4,6-7,9,11-12,17H2,1-2H3. The Bertz CT molecular complexity index is 321. The van der Waals surface area contributed by atoms with Crippen LogP contribution in [0, 0.1) is 5.92 Å². The molecule has 0 fully saturated rings. The Morgan fingerprint density at radius 2 is 1.89 bits per heavy atom. The van der Waals surface area contributed by atoms with E-state index in [1.54, 1.807) is 0 Å². The van der Waals surface area contributed by atoms with Crippen LogP contribution in [0.25, 0.3) is 0 Å². The van der Waals surface area contributed by atoms with Crippen LogP contribution in [0.4, 0.5) is 5.69 Å². The zero-order valence-corrected chi connectivity index (χ0v) is 11.9. The molecule has 0 aliphatic rings. The Hall–Kier alpha value is -1.02. The maximum absolute atomic E-state index is 5.75. The summed E-state index contributed by atoms with van der Waals surface area (Å²) >= 11 is 0. The molecule has 1 rings (SSSR count). The van der Waals surface area contributed by atoms with Crippen molar-refractivity contribution in [1.82, 2.24) is 5.32 Å². The van der Waals surface area contributed by atoms with Crippen LogP contribution in [-0.4, -0.2) is 13.1 Å². The van der Waals surface area contributed by atoms with Crippen molar-refractivity contribution in [3.05, 3.63) is 29.8 Å². The van der Waals surface area contributed by atoms with Crippen LogP contribution >= 0.6 is 0 Å². The van der Waals surface area contributed by atoms with Gasteiger partial charge in [-0.3, -0.25) is 0 Å². The van der Waals surface area contributed by atoms with E-state index in [0.717, 1.165) is 31.1 Å². The topological polar surface area (TPSA) is 38.0 Å². The monoisotopic (exact) mass is 248 g/mol. The first-order valence-electron chi connectivity index (χ1n) is 7.23. The Morgan fingerprint density at radius 3 is 2.61 bits per heavy atom. The average molecular weight is 248 g/mol. The molecule has 0 amide bonds. The summed E-state index contributed by atoms with van der Waals surface area (Å²) in [6.45, 7) is 6.85. The van der Waals surface area contributed by atoms with Crippen LogP contribution in [0.1, 0.15) is 45.1 Å². The summed E-state index contributed by atoms with van der Waals surface area (Å²) in [5.41, 5.74) is 7.97. The number of unbranched alkanes of at least 4 members (excludes halogenated alkanes) is 1. The molecule has 0 aliphatic carbocycles. The minimum atomic E-state index is 0.841. The average Bonchev–Trinajstić information content (AvgIpc) is 2.32. The van der Waals surface area contributed by atoms with E-state index < -0.39 is 0 Å². The summed E-state index contributed by atoms with van der Waals surface area (Å²) in [5, 5.41) is 3.51. The Morgan fingerprint density at radius 1 is 1.11 bits per heavy atom. The summed E-state index contributed by atoms with van der Waals surface area (Å²) in [6, 6.07) is 8.20. The van der Waals surface area contributed by atoms with Crippen molar-refractivity contribution in [1.29, 1.82) is 0 Å². The van der Waals surface area contributed by atoms with E-state index in [0.29, 0.717) is 0 Å². The lowest BCUT2D eigenvalue weighted by atomic mass is 10.1. The third-order valence-corrected chi connectivity index (χ3v) is 3.16. The van der Waals surface area contributed by atoms with E-state index in [1.807, 2.05) is 12.1 Å². The van der Waals surface area contributed by atoms with Crippen molar-refractivity contribution < 1.29 is 0 Å². The van der Waals surface area contributed by atoms with Crippen molar-refractivity contribution in [3.63, 3.8) is 0 Å². The van der Waals surface area contributed by atoms with Gasteiger partial charge >= 0.3 is 0 Å². The molecule has 18 heavy (non-hydrogen) atoms. The number of aryl methyl sites for hydroxylation is 1. The smallest absolute Gasteiger partial charge is 0.0316 e. The van der Waals surface area contributed by atoms with Gasteiger partial charge in [0.05, 0.1) is 0 Å². The Balaban J connectivity index is 1.96. The second-order valence-corrected chi connectivity index (χ2v) is 5.49. The van der Waals surface area contributed by atoms with E-state index in [4.69, 9.17) is 5.73 Å². The van der Waals surface area contributed by atoms with Gasteiger partial charge in [0.2, 0.25) is 0 Å². The van der Waals surface area contributed by atoms with Gasteiger partial charge in [0.25, 0.3) is 0 Å². The summed E-state index contributed by atoms with van der Waals surface area (Å²) < 4.78 is 0. The molecule has 0 aromatic heterocycles. The fourth-order valence-electron chi connectivity index (χ4n) is 2.09. The van der Waals surface area contributed by atoms with E-state index in [9.17, 15) is 0 Å². The molecule has 0 saturated carbocycles. The highest BCUT2D eigenvalue weighted by molar-refractivity contribution is 5.40. The molecule has 1 aromatic rings. The van der Waals surface area contributed by atoms with Crippen molar-refractivity contribution in [2.24, 2.45) is 5.92 Å². The lowest BCUT2D eigenvalue weighted by molar-refractivity contribution is 0.518.